The van der Waals surface area contributed by atoms with Gasteiger partial charge in [-0.1, -0.05) is 6.07 Å². The first-order valence-corrected chi connectivity index (χ1v) is 6.83. The molecule has 0 radical (unpaired) electrons. The zero-order valence-electron chi connectivity index (χ0n) is 9.80. The molecule has 2 aromatic rings. The number of thiazole rings is 1. The van der Waals surface area contributed by atoms with E-state index in [-0.39, 0.29) is 0 Å². The van der Waals surface area contributed by atoms with Crippen LogP contribution in [0.15, 0.2) is 18.2 Å². The lowest BCUT2D eigenvalue weighted by Crippen LogP contribution is -2.32. The number of carbonyl (C=O) groups is 1. The van der Waals surface area contributed by atoms with Crippen LogP contribution in [-0.4, -0.2) is 22.1 Å². The molecule has 3 rings (SSSR count). The van der Waals surface area contributed by atoms with Gasteiger partial charge in [-0.05, 0) is 37.0 Å². The van der Waals surface area contributed by atoms with Crippen LogP contribution in [0.2, 0.25) is 0 Å². The molecule has 1 saturated carbocycles. The zero-order valence-corrected chi connectivity index (χ0v) is 10.6. The van der Waals surface area contributed by atoms with Crippen molar-refractivity contribution in [1.82, 2.24) is 4.98 Å². The first kappa shape index (κ1) is 11.6. The number of rotatable bonds is 4. The van der Waals surface area contributed by atoms with Gasteiger partial charge in [0.15, 0.2) is 0 Å². The maximum absolute atomic E-state index is 10.7. The number of carboxylic acid groups (broad SMARTS) is 1. The predicted octanol–water partition coefficient (Wildman–Crippen LogP) is 2.13. The van der Waals surface area contributed by atoms with Gasteiger partial charge in [0.05, 0.1) is 15.2 Å². The minimum absolute atomic E-state index is 0.363. The second-order valence-corrected chi connectivity index (χ2v) is 5.84. The molecule has 4 nitrogen and oxygen atoms in total. The van der Waals surface area contributed by atoms with Gasteiger partial charge in [-0.2, -0.15) is 0 Å². The third-order valence-corrected chi connectivity index (χ3v) is 4.35. The van der Waals surface area contributed by atoms with Gasteiger partial charge < -0.3 is 10.8 Å². The Labute approximate surface area is 108 Å². The van der Waals surface area contributed by atoms with Crippen molar-refractivity contribution in [3.8, 4) is 0 Å². The van der Waals surface area contributed by atoms with Crippen LogP contribution < -0.4 is 5.73 Å². The fourth-order valence-corrected chi connectivity index (χ4v) is 3.16. The van der Waals surface area contributed by atoms with E-state index in [2.05, 4.69) is 4.98 Å². The first-order valence-electron chi connectivity index (χ1n) is 6.01. The molecule has 0 aliphatic heterocycles. The predicted molar refractivity (Wildman–Crippen MR) is 70.9 cm³/mol. The Bertz CT molecular complexity index is 604. The van der Waals surface area contributed by atoms with Crippen LogP contribution in [0.1, 0.15) is 29.3 Å². The molecule has 0 bridgehead atoms. The van der Waals surface area contributed by atoms with Crippen LogP contribution in [0.5, 0.6) is 0 Å². The number of aromatic nitrogens is 1. The van der Waals surface area contributed by atoms with Crippen molar-refractivity contribution in [3.05, 3.63) is 28.8 Å². The molecule has 1 aliphatic carbocycles. The molecule has 0 spiro atoms. The summed E-state index contributed by atoms with van der Waals surface area (Å²) in [6.45, 7) is 0. The third kappa shape index (κ3) is 2.23. The minimum Gasteiger partial charge on any atom is -0.480 e. The van der Waals surface area contributed by atoms with Crippen LogP contribution in [0.25, 0.3) is 10.2 Å². The van der Waals surface area contributed by atoms with Gasteiger partial charge >= 0.3 is 5.97 Å². The average molecular weight is 262 g/mol. The summed E-state index contributed by atoms with van der Waals surface area (Å²) in [5, 5.41) is 10.0. The molecular weight excluding hydrogens is 248 g/mol. The van der Waals surface area contributed by atoms with E-state index in [9.17, 15) is 4.79 Å². The third-order valence-electron chi connectivity index (χ3n) is 3.17. The Morgan fingerprint density at radius 3 is 3.00 bits per heavy atom. The van der Waals surface area contributed by atoms with E-state index in [4.69, 9.17) is 10.8 Å². The van der Waals surface area contributed by atoms with Crippen molar-refractivity contribution in [1.29, 1.82) is 0 Å². The molecule has 1 heterocycles. The highest BCUT2D eigenvalue weighted by atomic mass is 32.1. The summed E-state index contributed by atoms with van der Waals surface area (Å²) < 4.78 is 1.13. The van der Waals surface area contributed by atoms with Crippen molar-refractivity contribution in [2.24, 2.45) is 5.73 Å². The normalized spacial score (nSPS) is 16.9. The number of nitrogens with two attached hydrogens (primary N) is 1. The highest BCUT2D eigenvalue weighted by Crippen LogP contribution is 2.43. The van der Waals surface area contributed by atoms with E-state index in [0.29, 0.717) is 12.3 Å². The van der Waals surface area contributed by atoms with E-state index >= 15 is 0 Å². The Kier molecular flexibility index (Phi) is 2.80. The summed E-state index contributed by atoms with van der Waals surface area (Å²) in [7, 11) is 0. The monoisotopic (exact) mass is 262 g/mol. The second kappa shape index (κ2) is 4.33. The molecule has 5 heteroatoms. The lowest BCUT2D eigenvalue weighted by atomic mass is 10.1. The van der Waals surface area contributed by atoms with Gasteiger partial charge in [0.1, 0.15) is 6.04 Å². The van der Waals surface area contributed by atoms with Gasteiger partial charge in [-0.15, -0.1) is 11.3 Å². The van der Waals surface area contributed by atoms with Crippen molar-refractivity contribution in [3.63, 3.8) is 0 Å². The second-order valence-electron chi connectivity index (χ2n) is 4.78. The number of hydrogen-bond donors (Lipinski definition) is 2. The smallest absolute Gasteiger partial charge is 0.320 e. The Morgan fingerprint density at radius 2 is 2.33 bits per heavy atom. The molecule has 1 aromatic heterocycles. The first-order chi connectivity index (χ1) is 8.63. The quantitative estimate of drug-likeness (QED) is 0.885. The molecule has 1 atom stereocenters. The van der Waals surface area contributed by atoms with Gasteiger partial charge in [0, 0.05) is 5.92 Å². The maximum atomic E-state index is 10.7. The average Bonchev–Trinajstić information content (AvgIpc) is 3.09. The van der Waals surface area contributed by atoms with E-state index in [0.717, 1.165) is 15.8 Å². The standard InChI is InChI=1S/C13H14N2O2S/c14-9(13(16)17)5-7-1-4-10-11(6-7)18-12(15-10)8-2-3-8/h1,4,6,8-9H,2-3,5,14H2,(H,16,17). The van der Waals surface area contributed by atoms with Crippen molar-refractivity contribution in [2.75, 3.05) is 0 Å². The summed E-state index contributed by atoms with van der Waals surface area (Å²) in [5.41, 5.74) is 7.51. The van der Waals surface area contributed by atoms with E-state index in [1.165, 1.54) is 17.8 Å². The molecule has 1 aromatic carbocycles. The van der Waals surface area contributed by atoms with Gasteiger partial charge in [-0.25, -0.2) is 4.98 Å². The molecule has 94 valence electrons. The van der Waals surface area contributed by atoms with Crippen LogP contribution in [-0.2, 0) is 11.2 Å². The van der Waals surface area contributed by atoms with Gasteiger partial charge in [0.2, 0.25) is 0 Å². The molecule has 3 N–H and O–H groups in total. The summed E-state index contributed by atoms with van der Waals surface area (Å²) in [6, 6.07) is 5.06. The highest BCUT2D eigenvalue weighted by Gasteiger charge is 2.27. The molecule has 1 unspecified atom stereocenters. The Morgan fingerprint density at radius 1 is 1.56 bits per heavy atom. The highest BCUT2D eigenvalue weighted by molar-refractivity contribution is 7.18. The Hall–Kier alpha value is -1.46. The summed E-state index contributed by atoms with van der Waals surface area (Å²) >= 11 is 1.72. The molecule has 1 fully saturated rings. The van der Waals surface area contributed by atoms with Crippen LogP contribution >= 0.6 is 11.3 Å². The number of benzene rings is 1. The van der Waals surface area contributed by atoms with Crippen molar-refractivity contribution < 1.29 is 9.90 Å². The minimum atomic E-state index is -0.960. The largest absolute Gasteiger partial charge is 0.480 e. The van der Waals surface area contributed by atoms with E-state index in [1.54, 1.807) is 11.3 Å². The number of nitrogens with zero attached hydrogens (tertiary/aromatic N) is 1. The fourth-order valence-electron chi connectivity index (χ4n) is 1.96. The van der Waals surface area contributed by atoms with E-state index < -0.39 is 12.0 Å². The molecule has 0 saturated heterocycles. The van der Waals surface area contributed by atoms with Crippen LogP contribution in [0.3, 0.4) is 0 Å². The van der Waals surface area contributed by atoms with Gasteiger partial charge in [-0.3, -0.25) is 4.79 Å². The molecule has 18 heavy (non-hydrogen) atoms. The van der Waals surface area contributed by atoms with Crippen LogP contribution in [0, 0.1) is 0 Å². The lowest BCUT2D eigenvalue weighted by molar-refractivity contribution is -0.138. The molecule has 0 amide bonds. The van der Waals surface area contributed by atoms with Crippen molar-refractivity contribution in [2.45, 2.75) is 31.2 Å². The number of hydrogen-bond acceptors (Lipinski definition) is 4. The lowest BCUT2D eigenvalue weighted by Gasteiger charge is -2.05. The summed E-state index contributed by atoms with van der Waals surface area (Å²) in [6.07, 6.45) is 2.86. The summed E-state index contributed by atoms with van der Waals surface area (Å²) in [5.74, 6) is -0.301. The van der Waals surface area contributed by atoms with Crippen LogP contribution in [0.4, 0.5) is 0 Å². The number of aliphatic carboxylic acids is 1. The molecular formula is C13H14N2O2S. The topological polar surface area (TPSA) is 76.2 Å². The maximum Gasteiger partial charge on any atom is 0.320 e. The SMILES string of the molecule is NC(Cc1ccc2nc(C3CC3)sc2c1)C(=O)O. The number of carboxylic acids is 1. The number of fused-ring (bicyclic) bond motifs is 1. The zero-order chi connectivity index (χ0) is 12.7. The summed E-state index contributed by atoms with van der Waals surface area (Å²) in [4.78, 5) is 15.3. The van der Waals surface area contributed by atoms with Gasteiger partial charge in [0.25, 0.3) is 0 Å². The van der Waals surface area contributed by atoms with Crippen molar-refractivity contribution >= 4 is 27.5 Å². The fraction of sp³-hybridized carbons (Fsp3) is 0.385. The van der Waals surface area contributed by atoms with E-state index in [1.807, 2.05) is 18.2 Å². The Balaban J connectivity index is 1.87. The molecule has 1 aliphatic rings.